The van der Waals surface area contributed by atoms with E-state index in [0.29, 0.717) is 11.6 Å². The highest BCUT2D eigenvalue weighted by Gasteiger charge is 2.12. The van der Waals surface area contributed by atoms with Crippen LogP contribution in [0.25, 0.3) is 0 Å². The molecule has 1 atom stereocenters. The molecule has 2 N–H and O–H groups in total. The van der Waals surface area contributed by atoms with Crippen molar-refractivity contribution in [2.24, 2.45) is 0 Å². The molecule has 21 heavy (non-hydrogen) atoms. The van der Waals surface area contributed by atoms with Crippen LogP contribution in [0.2, 0.25) is 5.02 Å². The largest absolute Gasteiger partial charge is 0.334 e. The maximum atomic E-state index is 12.0. The van der Waals surface area contributed by atoms with E-state index in [1.54, 1.807) is 12.4 Å². The smallest absolute Gasteiger partial charge is 0.315 e. The first kappa shape index (κ1) is 15.3. The first-order chi connectivity index (χ1) is 10.2. The number of nitrogens with zero attached hydrogens (tertiary/aromatic N) is 1. The Balaban J connectivity index is 1.89. The lowest BCUT2D eigenvalue weighted by molar-refractivity contribution is 0.236. The monoisotopic (exact) mass is 303 g/mol. The first-order valence-electron chi connectivity index (χ1n) is 6.87. The molecule has 1 aromatic carbocycles. The average molecular weight is 304 g/mol. The van der Waals surface area contributed by atoms with E-state index in [0.717, 1.165) is 17.5 Å². The number of urea groups is 1. The van der Waals surface area contributed by atoms with Crippen LogP contribution in [0.15, 0.2) is 48.8 Å². The summed E-state index contributed by atoms with van der Waals surface area (Å²) in [5.74, 6) is 0. The molecule has 1 aromatic heterocycles. The van der Waals surface area contributed by atoms with Gasteiger partial charge in [0.25, 0.3) is 0 Å². The summed E-state index contributed by atoms with van der Waals surface area (Å²) in [6, 6.07) is 11.0. The minimum absolute atomic E-state index is 0.0280. The Morgan fingerprint density at radius 3 is 2.48 bits per heavy atom. The minimum atomic E-state index is -0.186. The molecule has 4 nitrogen and oxygen atoms in total. The molecule has 110 valence electrons. The third-order valence-corrected chi connectivity index (χ3v) is 3.44. The summed E-state index contributed by atoms with van der Waals surface area (Å²) in [6.45, 7) is 2.51. The van der Waals surface area contributed by atoms with Crippen LogP contribution in [0.5, 0.6) is 0 Å². The predicted octanol–water partition coefficient (Wildman–Crippen LogP) is 3.69. The second-order valence-electron chi connectivity index (χ2n) is 4.69. The number of carbonyl (C=O) groups excluding carboxylic acids is 1. The number of aromatic nitrogens is 1. The molecule has 0 spiro atoms. The van der Waals surface area contributed by atoms with E-state index in [4.69, 9.17) is 11.6 Å². The Labute approximate surface area is 129 Å². The highest BCUT2D eigenvalue weighted by molar-refractivity contribution is 6.30. The fraction of sp³-hybridized carbons (Fsp3) is 0.250. The van der Waals surface area contributed by atoms with E-state index in [9.17, 15) is 4.79 Å². The lowest BCUT2D eigenvalue weighted by Crippen LogP contribution is -2.37. The second-order valence-corrected chi connectivity index (χ2v) is 5.13. The standard InChI is InChI=1S/C16H18ClN3O/c1-2-15(13-3-5-14(17)6-4-13)20-16(21)19-11-12-7-9-18-10-8-12/h3-10,15H,2,11H2,1H3,(H2,19,20,21). The summed E-state index contributed by atoms with van der Waals surface area (Å²) in [7, 11) is 0. The van der Waals surface area contributed by atoms with Gasteiger partial charge in [-0.2, -0.15) is 0 Å². The lowest BCUT2D eigenvalue weighted by Gasteiger charge is -2.18. The van der Waals surface area contributed by atoms with Gasteiger partial charge in [0.05, 0.1) is 6.04 Å². The van der Waals surface area contributed by atoms with Crippen LogP contribution in [0, 0.1) is 0 Å². The molecule has 0 radical (unpaired) electrons. The second kappa shape index (κ2) is 7.64. The molecule has 0 saturated heterocycles. The van der Waals surface area contributed by atoms with Crippen molar-refractivity contribution in [3.63, 3.8) is 0 Å². The Kier molecular flexibility index (Phi) is 5.58. The van der Waals surface area contributed by atoms with Gasteiger partial charge in [-0.25, -0.2) is 4.79 Å². The molecule has 2 aromatic rings. The summed E-state index contributed by atoms with van der Waals surface area (Å²) in [5, 5.41) is 6.50. The van der Waals surface area contributed by atoms with Crippen LogP contribution in [0.4, 0.5) is 4.79 Å². The summed E-state index contributed by atoms with van der Waals surface area (Å²) >= 11 is 5.88. The van der Waals surface area contributed by atoms with E-state index < -0.39 is 0 Å². The zero-order valence-corrected chi connectivity index (χ0v) is 12.6. The molecule has 0 aliphatic rings. The van der Waals surface area contributed by atoms with Crippen molar-refractivity contribution in [1.82, 2.24) is 15.6 Å². The first-order valence-corrected chi connectivity index (χ1v) is 7.25. The summed E-state index contributed by atoms with van der Waals surface area (Å²) in [4.78, 5) is 15.9. The fourth-order valence-electron chi connectivity index (χ4n) is 2.01. The van der Waals surface area contributed by atoms with Crippen molar-refractivity contribution in [2.75, 3.05) is 0 Å². The van der Waals surface area contributed by atoms with Gasteiger partial charge in [-0.1, -0.05) is 30.7 Å². The molecule has 0 fully saturated rings. The van der Waals surface area contributed by atoms with Gasteiger partial charge in [-0.15, -0.1) is 0 Å². The molecule has 0 aliphatic heterocycles. The van der Waals surface area contributed by atoms with Gasteiger partial charge in [0, 0.05) is 24.0 Å². The van der Waals surface area contributed by atoms with E-state index in [2.05, 4.69) is 15.6 Å². The third kappa shape index (κ3) is 4.76. The van der Waals surface area contributed by atoms with Gasteiger partial charge in [0.2, 0.25) is 0 Å². The Morgan fingerprint density at radius 1 is 1.19 bits per heavy atom. The van der Waals surface area contributed by atoms with Crippen LogP contribution in [0.1, 0.15) is 30.5 Å². The zero-order chi connectivity index (χ0) is 15.1. The van der Waals surface area contributed by atoms with Gasteiger partial charge in [-0.05, 0) is 41.8 Å². The molecule has 0 saturated carbocycles. The topological polar surface area (TPSA) is 54.0 Å². The highest BCUT2D eigenvalue weighted by Crippen LogP contribution is 2.18. The van der Waals surface area contributed by atoms with Gasteiger partial charge in [0.15, 0.2) is 0 Å². The Hall–Kier alpha value is -2.07. The molecule has 1 unspecified atom stereocenters. The van der Waals surface area contributed by atoms with E-state index in [-0.39, 0.29) is 12.1 Å². The molecule has 0 aliphatic carbocycles. The van der Waals surface area contributed by atoms with E-state index >= 15 is 0 Å². The van der Waals surface area contributed by atoms with E-state index in [1.807, 2.05) is 43.3 Å². The van der Waals surface area contributed by atoms with Crippen LogP contribution < -0.4 is 10.6 Å². The van der Waals surface area contributed by atoms with Crippen molar-refractivity contribution < 1.29 is 4.79 Å². The highest BCUT2D eigenvalue weighted by atomic mass is 35.5. The Bertz CT molecular complexity index is 572. The molecule has 2 amide bonds. The maximum absolute atomic E-state index is 12.0. The molecule has 2 rings (SSSR count). The number of hydrogen-bond acceptors (Lipinski definition) is 2. The van der Waals surface area contributed by atoms with Gasteiger partial charge >= 0.3 is 6.03 Å². The van der Waals surface area contributed by atoms with E-state index in [1.165, 1.54) is 0 Å². The molecular formula is C16H18ClN3O. The average Bonchev–Trinajstić information content (AvgIpc) is 2.52. The van der Waals surface area contributed by atoms with Crippen LogP contribution in [0.3, 0.4) is 0 Å². The number of halogens is 1. The van der Waals surface area contributed by atoms with Gasteiger partial charge in [-0.3, -0.25) is 4.98 Å². The summed E-state index contributed by atoms with van der Waals surface area (Å²) < 4.78 is 0. The number of hydrogen-bond donors (Lipinski definition) is 2. The molecular weight excluding hydrogens is 286 g/mol. The number of rotatable bonds is 5. The van der Waals surface area contributed by atoms with Crippen LogP contribution >= 0.6 is 11.6 Å². The predicted molar refractivity (Wildman–Crippen MR) is 84.1 cm³/mol. The Morgan fingerprint density at radius 2 is 1.86 bits per heavy atom. The fourth-order valence-corrected chi connectivity index (χ4v) is 2.13. The molecule has 1 heterocycles. The lowest BCUT2D eigenvalue weighted by atomic mass is 10.1. The van der Waals surface area contributed by atoms with Crippen molar-refractivity contribution in [1.29, 1.82) is 0 Å². The molecule has 0 bridgehead atoms. The number of pyridine rings is 1. The van der Waals surface area contributed by atoms with Crippen molar-refractivity contribution in [3.05, 3.63) is 64.9 Å². The third-order valence-electron chi connectivity index (χ3n) is 3.19. The number of carbonyl (C=O) groups is 1. The SMILES string of the molecule is CCC(NC(=O)NCc1ccncc1)c1ccc(Cl)cc1. The van der Waals surface area contributed by atoms with Crippen LogP contribution in [-0.2, 0) is 6.54 Å². The molecule has 5 heteroatoms. The van der Waals surface area contributed by atoms with Gasteiger partial charge < -0.3 is 10.6 Å². The van der Waals surface area contributed by atoms with Crippen LogP contribution in [-0.4, -0.2) is 11.0 Å². The van der Waals surface area contributed by atoms with Gasteiger partial charge in [0.1, 0.15) is 0 Å². The number of amides is 2. The number of nitrogens with one attached hydrogen (secondary N) is 2. The summed E-state index contributed by atoms with van der Waals surface area (Å²) in [6.07, 6.45) is 4.22. The maximum Gasteiger partial charge on any atom is 0.315 e. The zero-order valence-electron chi connectivity index (χ0n) is 11.8. The van der Waals surface area contributed by atoms with Crippen molar-refractivity contribution in [3.8, 4) is 0 Å². The van der Waals surface area contributed by atoms with Crippen molar-refractivity contribution in [2.45, 2.75) is 25.9 Å². The summed E-state index contributed by atoms with van der Waals surface area (Å²) in [5.41, 5.74) is 2.06. The minimum Gasteiger partial charge on any atom is -0.334 e. The number of benzene rings is 1. The quantitative estimate of drug-likeness (QED) is 0.885. The van der Waals surface area contributed by atoms with Crippen molar-refractivity contribution >= 4 is 17.6 Å². The normalized spacial score (nSPS) is 11.7.